The lowest BCUT2D eigenvalue weighted by Crippen LogP contribution is -2.28. The molecule has 0 bridgehead atoms. The van der Waals surface area contributed by atoms with Crippen molar-refractivity contribution in [2.24, 2.45) is 5.92 Å². The Morgan fingerprint density at radius 3 is 3.00 bits per heavy atom. The molecule has 2 heterocycles. The van der Waals surface area contributed by atoms with Gasteiger partial charge >= 0.3 is 0 Å². The average Bonchev–Trinajstić information content (AvgIpc) is 2.97. The Labute approximate surface area is 104 Å². The highest BCUT2D eigenvalue weighted by Gasteiger charge is 2.27. The molecule has 1 fully saturated rings. The van der Waals surface area contributed by atoms with E-state index >= 15 is 0 Å². The fourth-order valence-electron chi connectivity index (χ4n) is 1.98. The molecule has 1 saturated heterocycles. The Morgan fingerprint density at radius 2 is 2.44 bits per heavy atom. The van der Waals surface area contributed by atoms with E-state index < -0.39 is 0 Å². The van der Waals surface area contributed by atoms with E-state index in [1.54, 1.807) is 6.07 Å². The molecule has 1 aromatic rings. The Morgan fingerprint density at radius 1 is 1.62 bits per heavy atom. The van der Waals surface area contributed by atoms with Gasteiger partial charge in [-0.1, -0.05) is 22.9 Å². The number of carbonyl (C=O) groups is 1. The van der Waals surface area contributed by atoms with Crippen LogP contribution in [0, 0.1) is 5.92 Å². The number of rotatable bonds is 3. The van der Waals surface area contributed by atoms with Crippen LogP contribution in [0.5, 0.6) is 0 Å². The zero-order chi connectivity index (χ0) is 11.5. The van der Waals surface area contributed by atoms with Gasteiger partial charge in [0.1, 0.15) is 5.76 Å². The van der Waals surface area contributed by atoms with Gasteiger partial charge in [0.15, 0.2) is 5.76 Å². The van der Waals surface area contributed by atoms with Crippen molar-refractivity contribution in [3.05, 3.63) is 23.7 Å². The second-order valence-corrected chi connectivity index (χ2v) is 4.83. The molecule has 3 nitrogen and oxygen atoms in total. The van der Waals surface area contributed by atoms with E-state index in [4.69, 9.17) is 4.42 Å². The first-order valence-corrected chi connectivity index (χ1v) is 6.80. The monoisotopic (exact) mass is 285 g/mol. The fraction of sp³-hybridized carbons (Fsp3) is 0.583. The third-order valence-corrected chi connectivity index (χ3v) is 3.93. The highest BCUT2D eigenvalue weighted by atomic mass is 79.9. The van der Waals surface area contributed by atoms with Crippen molar-refractivity contribution >= 4 is 21.8 Å². The standard InChI is InChI=1S/C12H16BrNO2/c1-2-10-3-4-11(16-10)12(15)14-6-5-9(7-13)8-14/h3-4,9H,2,5-8H2,1H3. The zero-order valence-corrected chi connectivity index (χ0v) is 11.0. The third kappa shape index (κ3) is 2.32. The SMILES string of the molecule is CCc1ccc(C(=O)N2CCC(CBr)C2)o1. The van der Waals surface area contributed by atoms with Crippen molar-refractivity contribution in [2.45, 2.75) is 19.8 Å². The van der Waals surface area contributed by atoms with Gasteiger partial charge in [-0.2, -0.15) is 0 Å². The van der Waals surface area contributed by atoms with Gasteiger partial charge in [0, 0.05) is 24.8 Å². The summed E-state index contributed by atoms with van der Waals surface area (Å²) in [5, 5.41) is 0.967. The van der Waals surface area contributed by atoms with E-state index in [0.29, 0.717) is 11.7 Å². The van der Waals surface area contributed by atoms with E-state index in [2.05, 4.69) is 15.9 Å². The fourth-order valence-corrected chi connectivity index (χ4v) is 2.51. The molecule has 1 aliphatic rings. The molecule has 0 N–H and O–H groups in total. The number of carbonyl (C=O) groups excluding carboxylic acids is 1. The number of hydrogen-bond donors (Lipinski definition) is 0. The van der Waals surface area contributed by atoms with Gasteiger partial charge in [-0.15, -0.1) is 0 Å². The molecular formula is C12H16BrNO2. The van der Waals surface area contributed by atoms with Crippen LogP contribution < -0.4 is 0 Å². The first-order valence-electron chi connectivity index (χ1n) is 5.68. The molecule has 0 saturated carbocycles. The van der Waals surface area contributed by atoms with E-state index in [1.165, 1.54) is 0 Å². The molecule has 16 heavy (non-hydrogen) atoms. The number of aryl methyl sites for hydroxylation is 1. The van der Waals surface area contributed by atoms with E-state index in [1.807, 2.05) is 17.9 Å². The minimum absolute atomic E-state index is 0.0307. The van der Waals surface area contributed by atoms with Crippen molar-refractivity contribution in [2.75, 3.05) is 18.4 Å². The first kappa shape index (κ1) is 11.7. The lowest BCUT2D eigenvalue weighted by Gasteiger charge is -2.14. The number of likely N-dealkylation sites (tertiary alicyclic amines) is 1. The van der Waals surface area contributed by atoms with E-state index in [-0.39, 0.29) is 5.91 Å². The molecule has 0 spiro atoms. The lowest BCUT2D eigenvalue weighted by molar-refractivity contribution is 0.0755. The minimum Gasteiger partial charge on any atom is -0.456 e. The quantitative estimate of drug-likeness (QED) is 0.800. The van der Waals surface area contributed by atoms with Gasteiger partial charge < -0.3 is 9.32 Å². The molecule has 0 radical (unpaired) electrons. The van der Waals surface area contributed by atoms with Gasteiger partial charge in [0.2, 0.25) is 0 Å². The predicted octanol–water partition coefficient (Wildman–Crippen LogP) is 2.70. The molecule has 88 valence electrons. The van der Waals surface area contributed by atoms with Crippen LogP contribution in [-0.4, -0.2) is 29.2 Å². The largest absolute Gasteiger partial charge is 0.456 e. The average molecular weight is 286 g/mol. The summed E-state index contributed by atoms with van der Waals surface area (Å²) in [5.41, 5.74) is 0. The number of amides is 1. The highest BCUT2D eigenvalue weighted by Crippen LogP contribution is 2.21. The minimum atomic E-state index is 0.0307. The molecule has 1 aliphatic heterocycles. The maximum atomic E-state index is 12.1. The van der Waals surface area contributed by atoms with Gasteiger partial charge in [-0.05, 0) is 24.5 Å². The molecular weight excluding hydrogens is 270 g/mol. The third-order valence-electron chi connectivity index (χ3n) is 3.01. The topological polar surface area (TPSA) is 33.5 Å². The summed E-state index contributed by atoms with van der Waals surface area (Å²) in [7, 11) is 0. The summed E-state index contributed by atoms with van der Waals surface area (Å²) in [6.45, 7) is 3.70. The second kappa shape index (κ2) is 5.04. The molecule has 4 heteroatoms. The Balaban J connectivity index is 2.02. The normalized spacial score (nSPS) is 20.4. The van der Waals surface area contributed by atoms with Gasteiger partial charge in [-0.25, -0.2) is 0 Å². The zero-order valence-electron chi connectivity index (χ0n) is 9.41. The van der Waals surface area contributed by atoms with Crippen LogP contribution in [0.2, 0.25) is 0 Å². The number of alkyl halides is 1. The molecule has 0 aromatic carbocycles. The first-order chi connectivity index (χ1) is 7.74. The molecule has 0 aliphatic carbocycles. The highest BCUT2D eigenvalue weighted by molar-refractivity contribution is 9.09. The van der Waals surface area contributed by atoms with Crippen LogP contribution in [0.3, 0.4) is 0 Å². The summed E-state index contributed by atoms with van der Waals surface area (Å²) in [5.74, 6) is 1.97. The smallest absolute Gasteiger partial charge is 0.289 e. The number of halogens is 1. The number of nitrogens with zero attached hydrogens (tertiary/aromatic N) is 1. The summed E-state index contributed by atoms with van der Waals surface area (Å²) in [6.07, 6.45) is 1.91. The Bertz CT molecular complexity index is 375. The lowest BCUT2D eigenvalue weighted by atomic mass is 10.2. The molecule has 1 aromatic heterocycles. The van der Waals surface area contributed by atoms with E-state index in [0.717, 1.165) is 37.0 Å². The van der Waals surface area contributed by atoms with Crippen molar-refractivity contribution in [3.8, 4) is 0 Å². The van der Waals surface area contributed by atoms with Crippen molar-refractivity contribution in [3.63, 3.8) is 0 Å². The summed E-state index contributed by atoms with van der Waals surface area (Å²) < 4.78 is 5.47. The van der Waals surface area contributed by atoms with Gasteiger partial charge in [-0.3, -0.25) is 4.79 Å². The maximum absolute atomic E-state index is 12.1. The van der Waals surface area contributed by atoms with Crippen LogP contribution in [-0.2, 0) is 6.42 Å². The van der Waals surface area contributed by atoms with Crippen molar-refractivity contribution in [1.29, 1.82) is 0 Å². The van der Waals surface area contributed by atoms with Crippen LogP contribution in [0.1, 0.15) is 29.7 Å². The molecule has 1 amide bonds. The Kier molecular flexibility index (Phi) is 3.69. The second-order valence-electron chi connectivity index (χ2n) is 4.18. The summed E-state index contributed by atoms with van der Waals surface area (Å²) in [4.78, 5) is 13.9. The molecule has 1 atom stereocenters. The van der Waals surface area contributed by atoms with Gasteiger partial charge in [0.25, 0.3) is 5.91 Å². The number of furan rings is 1. The van der Waals surface area contributed by atoms with Crippen LogP contribution >= 0.6 is 15.9 Å². The van der Waals surface area contributed by atoms with Crippen LogP contribution in [0.4, 0.5) is 0 Å². The summed E-state index contributed by atoms with van der Waals surface area (Å²) >= 11 is 3.46. The predicted molar refractivity (Wildman–Crippen MR) is 65.9 cm³/mol. The number of hydrogen-bond acceptors (Lipinski definition) is 2. The summed E-state index contributed by atoms with van der Waals surface area (Å²) in [6, 6.07) is 3.66. The molecule has 1 unspecified atom stereocenters. The van der Waals surface area contributed by atoms with Crippen molar-refractivity contribution in [1.82, 2.24) is 4.90 Å². The molecule has 2 rings (SSSR count). The Hall–Kier alpha value is -0.770. The van der Waals surface area contributed by atoms with E-state index in [9.17, 15) is 4.79 Å². The van der Waals surface area contributed by atoms with Crippen molar-refractivity contribution < 1.29 is 9.21 Å². The van der Waals surface area contributed by atoms with Crippen LogP contribution in [0.15, 0.2) is 16.5 Å². The van der Waals surface area contributed by atoms with Gasteiger partial charge in [0.05, 0.1) is 0 Å². The van der Waals surface area contributed by atoms with Crippen LogP contribution in [0.25, 0.3) is 0 Å². The maximum Gasteiger partial charge on any atom is 0.289 e.